The number of Topliss-reactive ketones (excluding diaryl/α,β-unsaturated/α-hetero) is 1. The molecule has 4 aliphatic carbocycles. The lowest BCUT2D eigenvalue weighted by molar-refractivity contribution is -0.223. The van der Waals surface area contributed by atoms with Crippen molar-refractivity contribution in [2.24, 2.45) is 46.3 Å². The number of hydrogen-bond donors (Lipinski definition) is 2. The summed E-state index contributed by atoms with van der Waals surface area (Å²) in [6, 6.07) is 0. The molecule has 4 saturated carbocycles. The molecule has 2 N–H and O–H groups in total. The molecule has 156 valence electrons. The number of aliphatic hydroxyl groups is 1. The van der Waals surface area contributed by atoms with Crippen LogP contribution in [-0.2, 0) is 4.79 Å². The van der Waals surface area contributed by atoms with Crippen molar-refractivity contribution in [1.29, 1.82) is 0 Å². The molecular formula is C25H39NO2. The van der Waals surface area contributed by atoms with Crippen LogP contribution in [-0.4, -0.2) is 29.6 Å². The molecule has 0 spiro atoms. The van der Waals surface area contributed by atoms with Crippen LogP contribution in [0.4, 0.5) is 0 Å². The molecule has 5 fully saturated rings. The quantitative estimate of drug-likeness (QED) is 0.695. The second kappa shape index (κ2) is 6.41. The van der Waals surface area contributed by atoms with E-state index >= 15 is 0 Å². The Labute approximate surface area is 170 Å². The summed E-state index contributed by atoms with van der Waals surface area (Å²) in [5.74, 6) is 4.05. The molecule has 3 nitrogen and oxygen atoms in total. The van der Waals surface area contributed by atoms with Crippen LogP contribution >= 0.6 is 0 Å². The molecule has 1 aliphatic heterocycles. The van der Waals surface area contributed by atoms with E-state index < -0.39 is 5.60 Å². The Morgan fingerprint density at radius 3 is 2.46 bits per heavy atom. The number of fused-ring (bicyclic) bond motifs is 5. The number of rotatable bonds is 2. The molecule has 1 saturated heterocycles. The number of carbonyl (C=O) groups excluding carboxylic acids is 1. The van der Waals surface area contributed by atoms with Crippen LogP contribution in [0.1, 0.15) is 72.1 Å². The van der Waals surface area contributed by atoms with Crippen molar-refractivity contribution in [1.82, 2.24) is 5.32 Å². The first-order valence-electron chi connectivity index (χ1n) is 11.9. The SMILES string of the molecule is CC1CC2(O)CC(C=CC3CNC3)CC[C@]2(C)[C@@H]2CC[C@]3(C)C(=O)CC[C@H]3[C@H]12. The summed E-state index contributed by atoms with van der Waals surface area (Å²) in [6.07, 6.45) is 13.1. The number of ketones is 1. The van der Waals surface area contributed by atoms with Crippen LogP contribution in [0.3, 0.4) is 0 Å². The van der Waals surface area contributed by atoms with Crippen LogP contribution in [0.15, 0.2) is 12.2 Å². The molecule has 3 heteroatoms. The minimum Gasteiger partial charge on any atom is -0.389 e. The Balaban J connectivity index is 1.40. The van der Waals surface area contributed by atoms with Gasteiger partial charge < -0.3 is 10.4 Å². The first-order valence-corrected chi connectivity index (χ1v) is 11.9. The van der Waals surface area contributed by atoms with Gasteiger partial charge in [-0.05, 0) is 80.0 Å². The lowest BCUT2D eigenvalue weighted by Gasteiger charge is -2.65. The van der Waals surface area contributed by atoms with Crippen LogP contribution in [0.2, 0.25) is 0 Å². The highest BCUT2D eigenvalue weighted by Crippen LogP contribution is 2.68. The van der Waals surface area contributed by atoms with Gasteiger partial charge in [0, 0.05) is 30.8 Å². The van der Waals surface area contributed by atoms with Crippen LogP contribution in [0, 0.1) is 46.3 Å². The summed E-state index contributed by atoms with van der Waals surface area (Å²) in [7, 11) is 0. The minimum atomic E-state index is -0.533. The fraction of sp³-hybridized carbons (Fsp3) is 0.880. The summed E-state index contributed by atoms with van der Waals surface area (Å²) in [5.41, 5.74) is -0.577. The first-order chi connectivity index (χ1) is 13.3. The summed E-state index contributed by atoms with van der Waals surface area (Å²) >= 11 is 0. The lowest BCUT2D eigenvalue weighted by Crippen LogP contribution is -2.64. The zero-order valence-electron chi connectivity index (χ0n) is 18.0. The number of nitrogens with one attached hydrogen (secondary N) is 1. The monoisotopic (exact) mass is 385 g/mol. The van der Waals surface area contributed by atoms with Crippen molar-refractivity contribution in [3.8, 4) is 0 Å². The van der Waals surface area contributed by atoms with E-state index in [-0.39, 0.29) is 10.8 Å². The Morgan fingerprint density at radius 1 is 1.00 bits per heavy atom. The van der Waals surface area contributed by atoms with E-state index in [1.165, 1.54) is 6.42 Å². The van der Waals surface area contributed by atoms with E-state index in [9.17, 15) is 9.90 Å². The van der Waals surface area contributed by atoms with Crippen molar-refractivity contribution in [3.63, 3.8) is 0 Å². The zero-order chi connectivity index (χ0) is 19.7. The second-order valence-electron chi connectivity index (χ2n) is 11.6. The maximum Gasteiger partial charge on any atom is 0.139 e. The van der Waals surface area contributed by atoms with Crippen molar-refractivity contribution in [2.45, 2.75) is 77.7 Å². The molecule has 5 aliphatic rings. The molecule has 3 unspecified atom stereocenters. The Kier molecular flexibility index (Phi) is 4.42. The highest BCUT2D eigenvalue weighted by molar-refractivity contribution is 5.87. The molecule has 0 aromatic heterocycles. The van der Waals surface area contributed by atoms with Gasteiger partial charge in [0.25, 0.3) is 0 Å². The standard InChI is InChI=1S/C25H39NO2/c1-16-12-25(28)13-17(4-5-18-14-26-15-18)8-11-24(25,3)20-9-10-23(2)19(22(16)20)6-7-21(23)27/h4-5,16-20,22,26,28H,6-15H2,1-3H3/t16?,17?,19-,20+,22-,23-,24+,25?/m0/s1. The smallest absolute Gasteiger partial charge is 0.139 e. The van der Waals surface area contributed by atoms with Gasteiger partial charge in [-0.15, -0.1) is 0 Å². The van der Waals surface area contributed by atoms with Crippen molar-refractivity contribution in [3.05, 3.63) is 12.2 Å². The van der Waals surface area contributed by atoms with E-state index in [2.05, 4.69) is 38.2 Å². The van der Waals surface area contributed by atoms with E-state index in [1.54, 1.807) is 0 Å². The maximum atomic E-state index is 12.7. The van der Waals surface area contributed by atoms with Crippen LogP contribution in [0.5, 0.6) is 0 Å². The van der Waals surface area contributed by atoms with Crippen molar-refractivity contribution >= 4 is 5.78 Å². The summed E-state index contributed by atoms with van der Waals surface area (Å²) in [5, 5.41) is 15.4. The van der Waals surface area contributed by atoms with Gasteiger partial charge >= 0.3 is 0 Å². The molecular weight excluding hydrogens is 346 g/mol. The largest absolute Gasteiger partial charge is 0.389 e. The van der Waals surface area contributed by atoms with Gasteiger partial charge in [0.2, 0.25) is 0 Å². The highest BCUT2D eigenvalue weighted by atomic mass is 16.3. The van der Waals surface area contributed by atoms with E-state index in [0.717, 1.165) is 58.0 Å². The third kappa shape index (κ3) is 2.57. The highest BCUT2D eigenvalue weighted by Gasteiger charge is 2.66. The van der Waals surface area contributed by atoms with E-state index in [0.29, 0.717) is 41.3 Å². The fourth-order valence-electron chi connectivity index (χ4n) is 8.43. The predicted molar refractivity (Wildman–Crippen MR) is 112 cm³/mol. The summed E-state index contributed by atoms with van der Waals surface area (Å²) in [6.45, 7) is 9.28. The van der Waals surface area contributed by atoms with Crippen LogP contribution in [0.25, 0.3) is 0 Å². The zero-order valence-corrected chi connectivity index (χ0v) is 18.0. The number of allylic oxidation sites excluding steroid dienone is 1. The van der Waals surface area contributed by atoms with Crippen molar-refractivity contribution in [2.75, 3.05) is 13.1 Å². The third-order valence-electron chi connectivity index (χ3n) is 10.3. The molecule has 0 bridgehead atoms. The summed E-state index contributed by atoms with van der Waals surface area (Å²) in [4.78, 5) is 12.7. The van der Waals surface area contributed by atoms with Crippen molar-refractivity contribution < 1.29 is 9.90 Å². The predicted octanol–water partition coefficient (Wildman–Crippen LogP) is 4.35. The van der Waals surface area contributed by atoms with Gasteiger partial charge in [-0.25, -0.2) is 0 Å². The molecule has 1 heterocycles. The minimum absolute atomic E-state index is 0.0273. The topological polar surface area (TPSA) is 49.3 Å². The molecule has 0 amide bonds. The second-order valence-corrected chi connectivity index (χ2v) is 11.6. The molecule has 5 rings (SSSR count). The molecule has 0 aromatic carbocycles. The van der Waals surface area contributed by atoms with Gasteiger partial charge in [0.15, 0.2) is 0 Å². The molecule has 8 atom stereocenters. The Bertz CT molecular complexity index is 684. The molecule has 28 heavy (non-hydrogen) atoms. The average molecular weight is 386 g/mol. The molecule has 0 radical (unpaired) electrons. The maximum absolute atomic E-state index is 12.7. The third-order valence-corrected chi connectivity index (χ3v) is 10.3. The van der Waals surface area contributed by atoms with Gasteiger partial charge in [0.1, 0.15) is 5.78 Å². The lowest BCUT2D eigenvalue weighted by atomic mass is 9.41. The first kappa shape index (κ1) is 19.3. The van der Waals surface area contributed by atoms with Gasteiger partial charge in [-0.1, -0.05) is 32.9 Å². The number of hydrogen-bond acceptors (Lipinski definition) is 3. The normalized spacial score (nSPS) is 54.1. The van der Waals surface area contributed by atoms with Crippen LogP contribution < -0.4 is 5.32 Å². The van der Waals surface area contributed by atoms with Gasteiger partial charge in [-0.3, -0.25) is 4.79 Å². The van der Waals surface area contributed by atoms with Gasteiger partial charge in [0.05, 0.1) is 5.60 Å². The Morgan fingerprint density at radius 2 is 1.75 bits per heavy atom. The average Bonchev–Trinajstić information content (AvgIpc) is 2.90. The number of carbonyl (C=O) groups is 1. The van der Waals surface area contributed by atoms with E-state index in [1.807, 2.05) is 0 Å². The Hall–Kier alpha value is -0.670. The fourth-order valence-corrected chi connectivity index (χ4v) is 8.43. The van der Waals surface area contributed by atoms with Gasteiger partial charge in [-0.2, -0.15) is 0 Å². The molecule has 0 aromatic rings. The van der Waals surface area contributed by atoms with E-state index in [4.69, 9.17) is 0 Å². The summed E-state index contributed by atoms with van der Waals surface area (Å²) < 4.78 is 0.